The highest BCUT2D eigenvalue weighted by atomic mass is 19.1. The normalized spacial score (nSPS) is 14.9. The number of hydrogen-bond acceptors (Lipinski definition) is 6. The van der Waals surface area contributed by atoms with E-state index in [2.05, 4.69) is 103 Å². The van der Waals surface area contributed by atoms with Crippen LogP contribution in [-0.4, -0.2) is 63.2 Å². The summed E-state index contributed by atoms with van der Waals surface area (Å²) >= 11 is 0. The van der Waals surface area contributed by atoms with E-state index >= 15 is 0 Å². The van der Waals surface area contributed by atoms with Gasteiger partial charge in [0, 0.05) is 44.1 Å². The van der Waals surface area contributed by atoms with Crippen molar-refractivity contribution in [1.29, 1.82) is 0 Å². The van der Waals surface area contributed by atoms with Gasteiger partial charge in [-0.1, -0.05) is 178 Å². The van der Waals surface area contributed by atoms with Crippen molar-refractivity contribution >= 4 is 46.0 Å². The maximum Gasteiger partial charge on any atom is 0.258 e. The Bertz CT molecular complexity index is 2330. The molecule has 4 aromatic rings. The minimum absolute atomic E-state index is 0.138. The van der Waals surface area contributed by atoms with Gasteiger partial charge in [0.25, 0.3) is 5.91 Å². The molecule has 2 fully saturated rings. The Morgan fingerprint density at radius 3 is 1.75 bits per heavy atom. The van der Waals surface area contributed by atoms with Gasteiger partial charge in [-0.15, -0.1) is 0 Å². The summed E-state index contributed by atoms with van der Waals surface area (Å²) in [6.07, 6.45) is 26.6. The van der Waals surface area contributed by atoms with E-state index in [4.69, 9.17) is 9.72 Å². The van der Waals surface area contributed by atoms with E-state index in [1.165, 1.54) is 121 Å². The number of aryl methyl sites for hydroxylation is 4. The van der Waals surface area contributed by atoms with Crippen LogP contribution in [0.25, 0.3) is 16.6 Å². The van der Waals surface area contributed by atoms with Gasteiger partial charge in [0.15, 0.2) is 5.71 Å². The molecule has 10 nitrogen and oxygen atoms in total. The van der Waals surface area contributed by atoms with Crippen LogP contribution in [-0.2, 0) is 21.4 Å². The van der Waals surface area contributed by atoms with E-state index in [-0.39, 0.29) is 17.7 Å². The number of benzene rings is 2. The van der Waals surface area contributed by atoms with Gasteiger partial charge in [-0.2, -0.15) is 0 Å². The summed E-state index contributed by atoms with van der Waals surface area (Å²) in [6, 6.07) is 13.1. The van der Waals surface area contributed by atoms with Crippen LogP contribution in [0.2, 0.25) is 0 Å². The first-order valence-electron chi connectivity index (χ1n) is 29.5. The molecule has 7 rings (SSSR count). The zero-order valence-electron chi connectivity index (χ0n) is 51.1. The number of piperidine rings is 1. The number of halogens is 2. The minimum atomic E-state index is -0.521. The van der Waals surface area contributed by atoms with Gasteiger partial charge >= 0.3 is 0 Å². The van der Waals surface area contributed by atoms with Crippen LogP contribution in [0.1, 0.15) is 237 Å². The van der Waals surface area contributed by atoms with Crippen LogP contribution >= 0.6 is 0 Å². The number of unbranched alkanes of at least 4 members (excludes halogenated alkanes) is 3. The highest BCUT2D eigenvalue weighted by Crippen LogP contribution is 2.27. The number of imide groups is 1. The number of allylic oxidation sites excluding steroid dienone is 1. The molecule has 3 amide bonds. The number of hydrogen-bond donors (Lipinski definition) is 2. The molecular weight excluding hydrogens is 967 g/mol. The number of anilines is 1. The number of methoxy groups -OCH3 is 1. The fraction of sp³-hybridized carbons (Fsp3) is 0.631. The number of carbonyl (C=O) groups excluding carboxylic acids is 3. The van der Waals surface area contributed by atoms with Crippen molar-refractivity contribution in [3.05, 3.63) is 94.0 Å². The molecule has 0 radical (unpaired) electrons. The molecule has 3 atom stereocenters. The van der Waals surface area contributed by atoms with Gasteiger partial charge in [-0.25, -0.2) is 18.3 Å². The van der Waals surface area contributed by atoms with Crippen LogP contribution < -0.4 is 10.6 Å². The Morgan fingerprint density at radius 2 is 1.26 bits per heavy atom. The monoisotopic (exact) mass is 1070 g/mol. The predicted octanol–water partition coefficient (Wildman–Crippen LogP) is 17.4. The molecule has 1 saturated heterocycles. The number of pyridine rings is 1. The second-order valence-electron chi connectivity index (χ2n) is 21.6. The van der Waals surface area contributed by atoms with E-state index in [9.17, 15) is 23.2 Å². The Hall–Kier alpha value is -5.26. The molecule has 432 valence electrons. The maximum atomic E-state index is 13.1. The van der Waals surface area contributed by atoms with Crippen LogP contribution in [0.4, 0.5) is 14.7 Å². The molecule has 77 heavy (non-hydrogen) atoms. The number of imidazole rings is 1. The first-order chi connectivity index (χ1) is 36.7. The highest BCUT2D eigenvalue weighted by molar-refractivity contribution is 6.21. The summed E-state index contributed by atoms with van der Waals surface area (Å²) in [5.41, 5.74) is 7.66. The smallest absolute Gasteiger partial charge is 0.258 e. The molecule has 3 aliphatic rings. The molecule has 2 aromatic carbocycles. The average molecular weight is 1070 g/mol. The van der Waals surface area contributed by atoms with Crippen molar-refractivity contribution in [2.75, 3.05) is 26.0 Å². The van der Waals surface area contributed by atoms with Crippen LogP contribution in [0.15, 0.2) is 54.3 Å². The zero-order chi connectivity index (χ0) is 57.9. The lowest BCUT2D eigenvalue weighted by atomic mass is 9.94. The third-order valence-electron chi connectivity index (χ3n) is 14.3. The molecule has 0 spiro atoms. The van der Waals surface area contributed by atoms with E-state index in [0.717, 1.165) is 81.8 Å². The van der Waals surface area contributed by atoms with Crippen molar-refractivity contribution in [3.63, 3.8) is 0 Å². The molecule has 0 bridgehead atoms. The van der Waals surface area contributed by atoms with Gasteiger partial charge < -0.3 is 9.30 Å². The number of nitrogens with one attached hydrogen (secondary N) is 2. The van der Waals surface area contributed by atoms with Crippen LogP contribution in [0, 0.1) is 50.2 Å². The summed E-state index contributed by atoms with van der Waals surface area (Å²) in [4.78, 5) is 43.1. The lowest BCUT2D eigenvalue weighted by molar-refractivity contribution is -0.497. The van der Waals surface area contributed by atoms with Gasteiger partial charge in [-0.3, -0.25) is 30.0 Å². The molecule has 4 heterocycles. The predicted molar refractivity (Wildman–Crippen MR) is 321 cm³/mol. The first-order valence-corrected chi connectivity index (χ1v) is 29.5. The van der Waals surface area contributed by atoms with Gasteiger partial charge in [-0.05, 0) is 92.5 Å². The highest BCUT2D eigenvalue weighted by Gasteiger charge is 2.27. The molecule has 2 aliphatic heterocycles. The third-order valence-corrected chi connectivity index (χ3v) is 14.3. The fourth-order valence-corrected chi connectivity index (χ4v) is 8.62. The van der Waals surface area contributed by atoms with Crippen molar-refractivity contribution in [3.8, 4) is 0 Å². The van der Waals surface area contributed by atoms with E-state index in [0.29, 0.717) is 36.3 Å². The topological polar surface area (TPSA) is 118 Å². The standard InChI is InChI=1S/C24H27N5O2.C11H24.C9H20.C7H6F2.C5H7NO2.C5H10.C4H10/c1-14-7-8-18-20(11-14)29(5)24(26-18)27-23(30)17-12-15(2)25-19(13-17)22-16(3)28(4)10-9-21(22)31-6;1-5-7-11(4)9-8-10(3)6-2;1-4-6-7-8-9(3)5-2;1-5-2-6(8)4-7(9)3-5;7-4-2-1-3-5(8)6-4;1-2-4-5-3-1;1-3-4-2/h7-8,11-13H,9-10H2,1-6H3;10-11H,5-9H2,1-4H3;9H,4-8H2,1-3H3;2-4H,1H3;1-3H2,(H,6,7,8);1-5H2;3-4H2,1-2H3/p+1. The van der Waals surface area contributed by atoms with Crippen LogP contribution in [0.3, 0.4) is 0 Å². The second kappa shape index (κ2) is 40.0. The van der Waals surface area contributed by atoms with Gasteiger partial charge in [0.2, 0.25) is 17.8 Å². The number of fused-ring (bicyclic) bond motifs is 1. The van der Waals surface area contributed by atoms with Crippen LogP contribution in [0.5, 0.6) is 0 Å². The third kappa shape index (κ3) is 28.8. The number of amides is 3. The molecule has 3 unspecified atom stereocenters. The molecule has 2 aromatic heterocycles. The summed E-state index contributed by atoms with van der Waals surface area (Å²) < 4.78 is 34.1. The summed E-state index contributed by atoms with van der Waals surface area (Å²) in [5.74, 6) is 2.72. The number of aromatic nitrogens is 3. The Kier molecular flexibility index (Phi) is 36.2. The summed E-state index contributed by atoms with van der Waals surface area (Å²) in [6.45, 7) is 29.1. The number of carbonyl (C=O) groups is 3. The molecule has 1 saturated carbocycles. The minimum Gasteiger partial charge on any atom is -0.500 e. The molecule has 1 aliphatic carbocycles. The quantitative estimate of drug-likeness (QED) is 0.0655. The fourth-order valence-electron chi connectivity index (χ4n) is 8.62. The molecular formula is C65H105F2N6O4+. The lowest BCUT2D eigenvalue weighted by Crippen LogP contribution is -2.33. The summed E-state index contributed by atoms with van der Waals surface area (Å²) in [7, 11) is 5.64. The lowest BCUT2D eigenvalue weighted by Gasteiger charge is -2.18. The zero-order valence-corrected chi connectivity index (χ0v) is 51.1. The number of rotatable bonds is 16. The average Bonchev–Trinajstić information content (AvgIpc) is 4.09. The van der Waals surface area contributed by atoms with Crippen molar-refractivity contribution in [1.82, 2.24) is 19.9 Å². The van der Waals surface area contributed by atoms with E-state index in [1.807, 2.05) is 43.7 Å². The molecule has 2 N–H and O–H groups in total. The van der Waals surface area contributed by atoms with Gasteiger partial charge in [0.05, 0.1) is 30.3 Å². The van der Waals surface area contributed by atoms with Crippen molar-refractivity contribution in [2.24, 2.45) is 24.8 Å². The Morgan fingerprint density at radius 1 is 0.688 bits per heavy atom. The maximum absolute atomic E-state index is 13.1. The SMILES string of the molecule is C1CCCC1.CCCC.CCCC(C)CCC(C)CC.CCCCCC(C)CC.COC1=C(c2cc(C(=O)Nc3nc4ccc(C)cc4n3C)cc(C)n2)C(C)=[N+](C)CC1.Cc1cc(F)cc(F)c1.O=C1CCCC(=O)N1. The van der Waals surface area contributed by atoms with Gasteiger partial charge in [0.1, 0.15) is 36.6 Å². The van der Waals surface area contributed by atoms with Crippen molar-refractivity contribution < 1.29 is 32.5 Å². The molecule has 12 heteroatoms. The Balaban J connectivity index is 0.000000526. The summed E-state index contributed by atoms with van der Waals surface area (Å²) in [5, 5.41) is 5.16. The largest absolute Gasteiger partial charge is 0.500 e. The number of nitrogens with zero attached hydrogens (tertiary/aromatic N) is 4. The number of ether oxygens (including phenoxy) is 1. The van der Waals surface area contributed by atoms with E-state index < -0.39 is 11.6 Å². The second-order valence-corrected chi connectivity index (χ2v) is 21.6. The van der Waals surface area contributed by atoms with Crippen molar-refractivity contribution in [2.45, 2.75) is 225 Å². The Labute approximate surface area is 466 Å². The first kappa shape index (κ1) is 69.8. The van der Waals surface area contributed by atoms with E-state index in [1.54, 1.807) is 20.1 Å².